The van der Waals surface area contributed by atoms with Gasteiger partial charge in [-0.15, -0.1) is 0 Å². The fraction of sp³-hybridized carbons (Fsp3) is 0.143. The van der Waals surface area contributed by atoms with Gasteiger partial charge in [0.2, 0.25) is 0 Å². The standard InChI is InChI=1S/C14H14ClN3O3/c1-21-12-4-2-3-11(15)10(12)7-18-13-9(14(19)20)5-8(16)6-17-13/h2-6H,7,16H2,1H3,(H,17,18)(H,19,20). The van der Waals surface area contributed by atoms with E-state index in [9.17, 15) is 4.79 Å². The highest BCUT2D eigenvalue weighted by atomic mass is 35.5. The quantitative estimate of drug-likeness (QED) is 0.785. The summed E-state index contributed by atoms with van der Waals surface area (Å²) in [4.78, 5) is 15.2. The van der Waals surface area contributed by atoms with Crippen LogP contribution in [0.5, 0.6) is 5.75 Å². The lowest BCUT2D eigenvalue weighted by Gasteiger charge is -2.13. The molecule has 0 aliphatic heterocycles. The van der Waals surface area contributed by atoms with Crippen molar-refractivity contribution in [2.75, 3.05) is 18.2 Å². The van der Waals surface area contributed by atoms with E-state index in [1.165, 1.54) is 12.3 Å². The average Bonchev–Trinajstić information content (AvgIpc) is 2.46. The number of halogens is 1. The van der Waals surface area contributed by atoms with Gasteiger partial charge in [0, 0.05) is 17.1 Å². The number of nitrogen functional groups attached to an aromatic ring is 1. The van der Waals surface area contributed by atoms with Crippen molar-refractivity contribution in [1.29, 1.82) is 0 Å². The number of hydrogen-bond acceptors (Lipinski definition) is 5. The Morgan fingerprint density at radius 1 is 1.52 bits per heavy atom. The van der Waals surface area contributed by atoms with E-state index in [4.69, 9.17) is 27.2 Å². The second-order valence-corrected chi connectivity index (χ2v) is 4.65. The molecule has 4 N–H and O–H groups in total. The molecule has 1 aromatic heterocycles. The van der Waals surface area contributed by atoms with E-state index < -0.39 is 5.97 Å². The van der Waals surface area contributed by atoms with Crippen molar-refractivity contribution >= 4 is 29.1 Å². The van der Waals surface area contributed by atoms with Crippen LogP contribution in [0.15, 0.2) is 30.5 Å². The molecule has 0 unspecified atom stereocenters. The Morgan fingerprint density at radius 2 is 2.29 bits per heavy atom. The molecule has 1 aromatic carbocycles. The summed E-state index contributed by atoms with van der Waals surface area (Å²) in [6.07, 6.45) is 1.39. The first-order valence-corrected chi connectivity index (χ1v) is 6.44. The molecule has 0 aliphatic carbocycles. The van der Waals surface area contributed by atoms with Gasteiger partial charge in [0.15, 0.2) is 0 Å². The van der Waals surface area contributed by atoms with Crippen LogP contribution in [-0.2, 0) is 6.54 Å². The number of benzene rings is 1. The van der Waals surface area contributed by atoms with Gasteiger partial charge in [0.1, 0.15) is 17.1 Å². The number of ether oxygens (including phenoxy) is 1. The number of pyridine rings is 1. The number of nitrogens with one attached hydrogen (secondary N) is 1. The molecule has 0 radical (unpaired) electrons. The molecular formula is C14H14ClN3O3. The number of anilines is 2. The molecule has 0 bridgehead atoms. The molecular weight excluding hydrogens is 294 g/mol. The number of carbonyl (C=O) groups is 1. The summed E-state index contributed by atoms with van der Waals surface area (Å²) in [5, 5.41) is 12.6. The highest BCUT2D eigenvalue weighted by Crippen LogP contribution is 2.27. The lowest BCUT2D eigenvalue weighted by molar-refractivity contribution is 0.0697. The third-order valence-electron chi connectivity index (χ3n) is 2.87. The molecule has 6 nitrogen and oxygen atoms in total. The Bertz CT molecular complexity index is 677. The zero-order valence-corrected chi connectivity index (χ0v) is 12.0. The molecule has 2 rings (SSSR count). The van der Waals surface area contributed by atoms with Crippen LogP contribution in [-0.4, -0.2) is 23.2 Å². The molecule has 0 amide bonds. The molecule has 0 spiro atoms. The second-order valence-electron chi connectivity index (χ2n) is 4.24. The highest BCUT2D eigenvalue weighted by Gasteiger charge is 2.13. The second kappa shape index (κ2) is 6.32. The van der Waals surface area contributed by atoms with Crippen LogP contribution in [0.1, 0.15) is 15.9 Å². The van der Waals surface area contributed by atoms with Gasteiger partial charge >= 0.3 is 5.97 Å². The van der Waals surface area contributed by atoms with E-state index in [2.05, 4.69) is 10.3 Å². The third kappa shape index (κ3) is 3.35. The molecule has 7 heteroatoms. The Labute approximate surface area is 126 Å². The minimum atomic E-state index is -1.11. The van der Waals surface area contributed by atoms with Crippen LogP contribution < -0.4 is 15.8 Å². The Morgan fingerprint density at radius 3 is 2.95 bits per heavy atom. The van der Waals surface area contributed by atoms with Crippen LogP contribution in [0.3, 0.4) is 0 Å². The van der Waals surface area contributed by atoms with Crippen molar-refractivity contribution in [2.24, 2.45) is 0 Å². The summed E-state index contributed by atoms with van der Waals surface area (Å²) < 4.78 is 5.23. The molecule has 1 heterocycles. The number of aromatic nitrogens is 1. The van der Waals surface area contributed by atoms with E-state index in [1.807, 2.05) is 0 Å². The van der Waals surface area contributed by atoms with Crippen molar-refractivity contribution in [3.63, 3.8) is 0 Å². The molecule has 2 aromatic rings. The minimum Gasteiger partial charge on any atom is -0.496 e. The number of aromatic carboxylic acids is 1. The van der Waals surface area contributed by atoms with Crippen molar-refractivity contribution < 1.29 is 14.6 Å². The summed E-state index contributed by atoms with van der Waals surface area (Å²) in [5.41, 5.74) is 6.55. The molecule has 0 aliphatic rings. The summed E-state index contributed by atoms with van der Waals surface area (Å²) >= 11 is 6.13. The molecule has 0 saturated heterocycles. The number of rotatable bonds is 5. The van der Waals surface area contributed by atoms with Crippen LogP contribution in [0.4, 0.5) is 11.5 Å². The lowest BCUT2D eigenvalue weighted by atomic mass is 10.2. The van der Waals surface area contributed by atoms with Gasteiger partial charge in [0.25, 0.3) is 0 Å². The van der Waals surface area contributed by atoms with Crippen LogP contribution >= 0.6 is 11.6 Å². The van der Waals surface area contributed by atoms with Gasteiger partial charge in [-0.2, -0.15) is 0 Å². The zero-order chi connectivity index (χ0) is 15.4. The Kier molecular flexibility index (Phi) is 4.49. The zero-order valence-electron chi connectivity index (χ0n) is 11.3. The van der Waals surface area contributed by atoms with Gasteiger partial charge in [0.05, 0.1) is 19.0 Å². The van der Waals surface area contributed by atoms with E-state index >= 15 is 0 Å². The van der Waals surface area contributed by atoms with Gasteiger partial charge in [-0.05, 0) is 18.2 Å². The van der Waals surface area contributed by atoms with Crippen molar-refractivity contribution in [3.05, 3.63) is 46.6 Å². The molecule has 21 heavy (non-hydrogen) atoms. The van der Waals surface area contributed by atoms with Crippen LogP contribution in [0.2, 0.25) is 5.02 Å². The normalized spacial score (nSPS) is 10.2. The van der Waals surface area contributed by atoms with Gasteiger partial charge in [-0.25, -0.2) is 9.78 Å². The van der Waals surface area contributed by atoms with Gasteiger partial charge in [-0.3, -0.25) is 0 Å². The summed E-state index contributed by atoms with van der Waals surface area (Å²) in [7, 11) is 1.54. The predicted octanol–water partition coefficient (Wildman–Crippen LogP) is 2.64. The van der Waals surface area contributed by atoms with Crippen molar-refractivity contribution in [1.82, 2.24) is 4.98 Å². The smallest absolute Gasteiger partial charge is 0.339 e. The number of nitrogens with zero attached hydrogens (tertiary/aromatic N) is 1. The number of methoxy groups -OCH3 is 1. The number of nitrogens with two attached hydrogens (primary N) is 1. The molecule has 110 valence electrons. The summed E-state index contributed by atoms with van der Waals surface area (Å²) in [5.74, 6) is -0.274. The molecule has 0 fully saturated rings. The lowest BCUT2D eigenvalue weighted by Crippen LogP contribution is -2.10. The largest absolute Gasteiger partial charge is 0.496 e. The maximum atomic E-state index is 11.2. The van der Waals surface area contributed by atoms with Crippen LogP contribution in [0.25, 0.3) is 0 Å². The number of carboxylic acids is 1. The van der Waals surface area contributed by atoms with Crippen molar-refractivity contribution in [2.45, 2.75) is 6.54 Å². The fourth-order valence-corrected chi connectivity index (χ4v) is 2.09. The van der Waals surface area contributed by atoms with E-state index in [0.717, 1.165) is 5.56 Å². The summed E-state index contributed by atoms with van der Waals surface area (Å²) in [6, 6.07) is 6.63. The Balaban J connectivity index is 2.27. The highest BCUT2D eigenvalue weighted by molar-refractivity contribution is 6.31. The number of carboxylic acid groups (broad SMARTS) is 1. The monoisotopic (exact) mass is 307 g/mol. The molecule has 0 saturated carbocycles. The van der Waals surface area contributed by atoms with E-state index in [1.54, 1.807) is 25.3 Å². The van der Waals surface area contributed by atoms with E-state index in [0.29, 0.717) is 10.8 Å². The Hall–Kier alpha value is -2.47. The topological polar surface area (TPSA) is 97.5 Å². The predicted molar refractivity (Wildman–Crippen MR) is 80.9 cm³/mol. The van der Waals surface area contributed by atoms with Crippen molar-refractivity contribution in [3.8, 4) is 5.75 Å². The maximum absolute atomic E-state index is 11.2. The first-order valence-electron chi connectivity index (χ1n) is 6.07. The minimum absolute atomic E-state index is 0.000945. The van der Waals surface area contributed by atoms with Crippen LogP contribution in [0, 0.1) is 0 Å². The van der Waals surface area contributed by atoms with E-state index in [-0.39, 0.29) is 23.6 Å². The van der Waals surface area contributed by atoms with Gasteiger partial charge in [-0.1, -0.05) is 17.7 Å². The molecule has 0 atom stereocenters. The SMILES string of the molecule is COc1cccc(Cl)c1CNc1ncc(N)cc1C(=O)O. The summed E-state index contributed by atoms with van der Waals surface area (Å²) in [6.45, 7) is 0.278. The number of hydrogen-bond donors (Lipinski definition) is 3. The third-order valence-corrected chi connectivity index (χ3v) is 3.22. The first-order chi connectivity index (χ1) is 10.0. The van der Waals surface area contributed by atoms with Gasteiger partial charge < -0.3 is 20.9 Å². The maximum Gasteiger partial charge on any atom is 0.339 e. The first kappa shape index (κ1) is 14.9. The average molecular weight is 308 g/mol. The fourth-order valence-electron chi connectivity index (χ4n) is 1.86.